The molecule has 6 heteroatoms. The molecular formula is C31H32N2O3S. The largest absolute Gasteiger partial charge is 0.321 e. The fourth-order valence-corrected chi connectivity index (χ4v) is 5.83. The smallest absolute Gasteiger partial charge is 0.264 e. The van der Waals surface area contributed by atoms with Crippen LogP contribution in [0.4, 0.5) is 11.4 Å². The molecule has 0 fully saturated rings. The Kier molecular flexibility index (Phi) is 8.09. The van der Waals surface area contributed by atoms with Crippen molar-refractivity contribution >= 4 is 27.3 Å². The molecule has 0 spiro atoms. The molecule has 0 radical (unpaired) electrons. The molecule has 190 valence electrons. The Balaban J connectivity index is 1.81. The number of nitrogens with zero attached hydrogens (tertiary/aromatic N) is 1. The third-order valence-electron chi connectivity index (χ3n) is 6.43. The molecule has 5 nitrogen and oxygen atoms in total. The molecular weight excluding hydrogens is 480 g/mol. The van der Waals surface area contributed by atoms with Crippen LogP contribution in [0, 0.1) is 6.92 Å². The number of rotatable bonds is 9. The van der Waals surface area contributed by atoms with Gasteiger partial charge in [0.15, 0.2) is 0 Å². The molecule has 0 aliphatic rings. The zero-order chi connectivity index (χ0) is 26.4. The number of amides is 1. The number of benzene rings is 4. The number of nitrogens with one attached hydrogen (secondary N) is 1. The molecule has 0 saturated heterocycles. The first-order valence-corrected chi connectivity index (χ1v) is 13.9. The van der Waals surface area contributed by atoms with E-state index < -0.39 is 10.0 Å². The van der Waals surface area contributed by atoms with E-state index in [1.807, 2.05) is 69.3 Å². The lowest BCUT2D eigenvalue weighted by Crippen LogP contribution is -2.32. The van der Waals surface area contributed by atoms with Gasteiger partial charge in [0.1, 0.15) is 0 Å². The van der Waals surface area contributed by atoms with Gasteiger partial charge in [0.2, 0.25) is 0 Å². The summed E-state index contributed by atoms with van der Waals surface area (Å²) in [7, 11) is -3.97. The second kappa shape index (κ2) is 11.4. The molecule has 0 atom stereocenters. The number of hydrogen-bond donors (Lipinski definition) is 1. The minimum atomic E-state index is -3.97. The van der Waals surface area contributed by atoms with Crippen molar-refractivity contribution in [2.75, 3.05) is 9.62 Å². The van der Waals surface area contributed by atoms with Crippen LogP contribution in [-0.4, -0.2) is 14.3 Å². The minimum Gasteiger partial charge on any atom is -0.321 e. The Bertz CT molecular complexity index is 1460. The van der Waals surface area contributed by atoms with E-state index >= 15 is 0 Å². The molecule has 1 N–H and O–H groups in total. The lowest BCUT2D eigenvalue weighted by atomic mass is 10.0. The van der Waals surface area contributed by atoms with Gasteiger partial charge in [-0.15, -0.1) is 0 Å². The maximum absolute atomic E-state index is 14.0. The number of hydrogen-bond acceptors (Lipinski definition) is 3. The summed E-state index contributed by atoms with van der Waals surface area (Å²) in [5, 5.41) is 3.09. The normalized spacial score (nSPS) is 11.2. The summed E-state index contributed by atoms with van der Waals surface area (Å²) < 4.78 is 29.3. The number of carbonyl (C=O) groups is 1. The molecule has 4 rings (SSSR count). The van der Waals surface area contributed by atoms with Crippen LogP contribution in [-0.2, 0) is 29.4 Å². The molecule has 0 unspecified atom stereocenters. The molecule has 4 aromatic carbocycles. The van der Waals surface area contributed by atoms with Crippen molar-refractivity contribution in [3.05, 3.63) is 125 Å². The van der Waals surface area contributed by atoms with Gasteiger partial charge in [-0.3, -0.25) is 9.10 Å². The van der Waals surface area contributed by atoms with Gasteiger partial charge in [0.25, 0.3) is 15.9 Å². The molecule has 0 aromatic heterocycles. The summed E-state index contributed by atoms with van der Waals surface area (Å²) in [4.78, 5) is 13.9. The average Bonchev–Trinajstić information content (AvgIpc) is 2.92. The molecule has 0 heterocycles. The summed E-state index contributed by atoms with van der Waals surface area (Å²) >= 11 is 0. The highest BCUT2D eigenvalue weighted by Gasteiger charge is 2.29. The second-order valence-corrected chi connectivity index (χ2v) is 10.8. The van der Waals surface area contributed by atoms with Crippen molar-refractivity contribution in [1.82, 2.24) is 0 Å². The van der Waals surface area contributed by atoms with Gasteiger partial charge in [-0.2, -0.15) is 0 Å². The van der Waals surface area contributed by atoms with E-state index in [1.165, 1.54) is 4.31 Å². The summed E-state index contributed by atoms with van der Waals surface area (Å²) in [5.41, 5.74) is 5.28. The number of sulfonamides is 1. The van der Waals surface area contributed by atoms with Crippen molar-refractivity contribution in [3.8, 4) is 0 Å². The van der Waals surface area contributed by atoms with Crippen LogP contribution in [0.2, 0.25) is 0 Å². The zero-order valence-corrected chi connectivity index (χ0v) is 22.3. The molecule has 0 saturated carbocycles. The molecule has 0 aliphatic carbocycles. The van der Waals surface area contributed by atoms with E-state index in [0.717, 1.165) is 40.8 Å². The Morgan fingerprint density at radius 2 is 1.35 bits per heavy atom. The highest BCUT2D eigenvalue weighted by Crippen LogP contribution is 2.31. The van der Waals surface area contributed by atoms with E-state index in [0.29, 0.717) is 11.3 Å². The van der Waals surface area contributed by atoms with E-state index in [1.54, 1.807) is 48.5 Å². The highest BCUT2D eigenvalue weighted by atomic mass is 32.2. The van der Waals surface area contributed by atoms with Gasteiger partial charge in [-0.1, -0.05) is 92.2 Å². The van der Waals surface area contributed by atoms with Crippen molar-refractivity contribution < 1.29 is 13.2 Å². The average molecular weight is 513 g/mol. The third kappa shape index (κ3) is 5.75. The van der Waals surface area contributed by atoms with E-state index in [2.05, 4.69) is 5.32 Å². The minimum absolute atomic E-state index is 0.0904. The first-order valence-electron chi connectivity index (χ1n) is 12.5. The second-order valence-electron chi connectivity index (χ2n) is 8.94. The van der Waals surface area contributed by atoms with Crippen LogP contribution in [0.25, 0.3) is 0 Å². The number of aryl methyl sites for hydroxylation is 3. The third-order valence-corrected chi connectivity index (χ3v) is 8.21. The van der Waals surface area contributed by atoms with Gasteiger partial charge in [0, 0.05) is 5.69 Å². The fraction of sp³-hybridized carbons (Fsp3) is 0.194. The van der Waals surface area contributed by atoms with Gasteiger partial charge >= 0.3 is 0 Å². The van der Waals surface area contributed by atoms with Gasteiger partial charge in [0.05, 0.1) is 22.7 Å². The lowest BCUT2D eigenvalue weighted by Gasteiger charge is -2.27. The maximum Gasteiger partial charge on any atom is 0.264 e. The van der Waals surface area contributed by atoms with E-state index in [4.69, 9.17) is 0 Å². The summed E-state index contributed by atoms with van der Waals surface area (Å²) in [6.45, 7) is 6.10. The van der Waals surface area contributed by atoms with Crippen LogP contribution in [0.15, 0.2) is 102 Å². The van der Waals surface area contributed by atoms with Crippen molar-refractivity contribution in [2.45, 2.75) is 45.1 Å². The van der Waals surface area contributed by atoms with Crippen molar-refractivity contribution in [1.29, 1.82) is 0 Å². The first kappa shape index (κ1) is 26.2. The summed E-state index contributed by atoms with van der Waals surface area (Å²) in [6, 6.07) is 29.0. The Hall–Kier alpha value is -3.90. The topological polar surface area (TPSA) is 66.5 Å². The van der Waals surface area contributed by atoms with Crippen LogP contribution in [0.1, 0.15) is 46.5 Å². The van der Waals surface area contributed by atoms with E-state index in [9.17, 15) is 13.2 Å². The van der Waals surface area contributed by atoms with E-state index in [-0.39, 0.29) is 17.3 Å². The summed E-state index contributed by atoms with van der Waals surface area (Å²) in [5.74, 6) is -0.344. The Morgan fingerprint density at radius 3 is 1.97 bits per heavy atom. The standard InChI is InChI=1S/C31H32N2O3S/c1-4-25-14-11-15-26(5-2)30(25)32-31(34)28-16-9-10-17-29(28)33(22-24-12-7-6-8-13-24)37(35,36)27-20-18-23(3)19-21-27/h6-21H,4-5,22H2,1-3H3,(H,32,34). The van der Waals surface area contributed by atoms with Gasteiger partial charge in [-0.05, 0) is 60.7 Å². The van der Waals surface area contributed by atoms with Gasteiger partial charge < -0.3 is 5.32 Å². The van der Waals surface area contributed by atoms with Crippen molar-refractivity contribution in [2.24, 2.45) is 0 Å². The number of para-hydroxylation sites is 2. The fourth-order valence-electron chi connectivity index (χ4n) is 4.35. The SMILES string of the molecule is CCc1cccc(CC)c1NC(=O)c1ccccc1N(Cc1ccccc1)S(=O)(=O)c1ccc(C)cc1. The number of carbonyl (C=O) groups excluding carboxylic acids is 1. The first-order chi connectivity index (χ1) is 17.8. The molecule has 0 bridgehead atoms. The van der Waals surface area contributed by atoms with Crippen LogP contribution in [0.3, 0.4) is 0 Å². The lowest BCUT2D eigenvalue weighted by molar-refractivity contribution is 0.102. The molecule has 1 amide bonds. The van der Waals surface area contributed by atoms with Crippen LogP contribution in [0.5, 0.6) is 0 Å². The Morgan fingerprint density at radius 1 is 0.757 bits per heavy atom. The number of anilines is 2. The quantitative estimate of drug-likeness (QED) is 0.269. The Labute approximate surface area is 219 Å². The van der Waals surface area contributed by atoms with Crippen LogP contribution >= 0.6 is 0 Å². The molecule has 4 aromatic rings. The monoisotopic (exact) mass is 512 g/mol. The van der Waals surface area contributed by atoms with Crippen LogP contribution < -0.4 is 9.62 Å². The maximum atomic E-state index is 14.0. The molecule has 37 heavy (non-hydrogen) atoms. The molecule has 0 aliphatic heterocycles. The predicted octanol–water partition coefficient (Wildman–Crippen LogP) is 6.77. The zero-order valence-electron chi connectivity index (χ0n) is 21.4. The van der Waals surface area contributed by atoms with Gasteiger partial charge in [-0.25, -0.2) is 8.42 Å². The van der Waals surface area contributed by atoms with Crippen molar-refractivity contribution in [3.63, 3.8) is 0 Å². The predicted molar refractivity (Wildman–Crippen MR) is 151 cm³/mol. The highest BCUT2D eigenvalue weighted by molar-refractivity contribution is 7.92. The summed E-state index contributed by atoms with van der Waals surface area (Å²) in [6.07, 6.45) is 1.54.